The number of amides is 1. The summed E-state index contributed by atoms with van der Waals surface area (Å²) in [5.41, 5.74) is 1.25. The number of aryl methyl sites for hydroxylation is 2. The van der Waals surface area contributed by atoms with E-state index in [0.717, 1.165) is 60.8 Å². The lowest BCUT2D eigenvalue weighted by molar-refractivity contribution is -0.132. The number of fused-ring (bicyclic) bond motifs is 3. The van der Waals surface area contributed by atoms with Crippen LogP contribution in [0.5, 0.6) is 0 Å². The van der Waals surface area contributed by atoms with Gasteiger partial charge in [-0.15, -0.1) is 11.3 Å². The van der Waals surface area contributed by atoms with Gasteiger partial charge < -0.3 is 9.88 Å². The Bertz CT molecular complexity index is 884. The first kappa shape index (κ1) is 19.0. The van der Waals surface area contributed by atoms with Gasteiger partial charge in [-0.25, -0.2) is 4.98 Å². The van der Waals surface area contributed by atoms with Gasteiger partial charge in [0.25, 0.3) is 5.56 Å². The third-order valence-corrected chi connectivity index (χ3v) is 7.29. The molecule has 1 N–H and O–H groups in total. The van der Waals surface area contributed by atoms with Gasteiger partial charge in [0.2, 0.25) is 5.91 Å². The topological polar surface area (TPSA) is 69.3 Å². The van der Waals surface area contributed by atoms with Crippen LogP contribution in [-0.2, 0) is 24.2 Å². The lowest BCUT2D eigenvalue weighted by atomic mass is 9.97. The highest BCUT2D eigenvalue weighted by Gasteiger charge is 2.23. The van der Waals surface area contributed by atoms with E-state index in [9.17, 15) is 9.59 Å². The van der Waals surface area contributed by atoms with Crippen molar-refractivity contribution in [3.63, 3.8) is 0 Å². The number of piperazine rings is 1. The van der Waals surface area contributed by atoms with Gasteiger partial charge in [0.1, 0.15) is 10.7 Å². The van der Waals surface area contributed by atoms with Gasteiger partial charge in [-0.1, -0.05) is 0 Å². The zero-order chi connectivity index (χ0) is 18.8. The van der Waals surface area contributed by atoms with Crippen molar-refractivity contribution < 1.29 is 4.79 Å². The predicted molar refractivity (Wildman–Crippen MR) is 112 cm³/mol. The number of rotatable bonds is 5. The Balaban J connectivity index is 1.42. The Kier molecular flexibility index (Phi) is 5.85. The Hall–Kier alpha value is -1.38. The molecule has 1 amide bonds. The highest BCUT2D eigenvalue weighted by atomic mass is 32.2. The van der Waals surface area contributed by atoms with Crippen molar-refractivity contribution in [2.45, 2.75) is 38.6 Å². The summed E-state index contributed by atoms with van der Waals surface area (Å²) in [6.07, 6.45) is 7.11. The molecule has 2 aliphatic rings. The summed E-state index contributed by atoms with van der Waals surface area (Å²) in [5.74, 6) is 1.88. The maximum absolute atomic E-state index is 12.7. The smallest absolute Gasteiger partial charge is 0.259 e. The molecule has 1 saturated heterocycles. The van der Waals surface area contributed by atoms with Gasteiger partial charge in [-0.2, -0.15) is 11.8 Å². The largest absolute Gasteiger partial charge is 0.340 e. The van der Waals surface area contributed by atoms with Crippen LogP contribution in [0.1, 0.15) is 35.5 Å². The molecule has 3 heterocycles. The molecule has 146 valence electrons. The molecule has 6 nitrogen and oxygen atoms in total. The molecule has 2 aromatic rings. The molecule has 2 aromatic heterocycles. The zero-order valence-corrected chi connectivity index (χ0v) is 17.4. The number of nitrogens with zero attached hydrogens (tertiary/aromatic N) is 3. The van der Waals surface area contributed by atoms with E-state index in [0.29, 0.717) is 13.0 Å². The van der Waals surface area contributed by atoms with Gasteiger partial charge in [-0.3, -0.25) is 14.5 Å². The van der Waals surface area contributed by atoms with E-state index in [-0.39, 0.29) is 11.5 Å². The SMILES string of the molecule is CSCCC(=O)N1CCN(Cc2nc3sc4c(c3c(=O)[nH]2)CCCC4)CC1. The number of aromatic nitrogens is 2. The molecule has 1 aliphatic heterocycles. The fourth-order valence-electron chi connectivity index (χ4n) is 4.00. The van der Waals surface area contributed by atoms with Crippen LogP contribution in [0.3, 0.4) is 0 Å². The highest BCUT2D eigenvalue weighted by molar-refractivity contribution is 7.98. The van der Waals surface area contributed by atoms with Crippen LogP contribution in [-0.4, -0.2) is 63.9 Å². The number of nitrogens with one attached hydrogen (secondary N) is 1. The van der Waals surface area contributed by atoms with Gasteiger partial charge in [0.05, 0.1) is 11.9 Å². The average Bonchev–Trinajstić information content (AvgIpc) is 3.05. The molecule has 0 saturated carbocycles. The van der Waals surface area contributed by atoms with Gasteiger partial charge in [0.15, 0.2) is 0 Å². The predicted octanol–water partition coefficient (Wildman–Crippen LogP) is 2.26. The monoisotopic (exact) mass is 406 g/mol. The van der Waals surface area contributed by atoms with Crippen molar-refractivity contribution in [3.05, 3.63) is 26.6 Å². The number of thioether (sulfide) groups is 1. The maximum atomic E-state index is 12.7. The van der Waals surface area contributed by atoms with E-state index < -0.39 is 0 Å². The van der Waals surface area contributed by atoms with Crippen molar-refractivity contribution in [3.8, 4) is 0 Å². The minimum Gasteiger partial charge on any atom is -0.340 e. The summed E-state index contributed by atoms with van der Waals surface area (Å²) in [6.45, 7) is 3.81. The van der Waals surface area contributed by atoms with Crippen molar-refractivity contribution in [2.75, 3.05) is 38.2 Å². The Labute approximate surface area is 167 Å². The molecule has 4 rings (SSSR count). The normalized spacial score (nSPS) is 18.0. The molecule has 1 fully saturated rings. The number of aromatic amines is 1. The summed E-state index contributed by atoms with van der Waals surface area (Å²) in [5, 5.41) is 0.822. The van der Waals surface area contributed by atoms with E-state index in [2.05, 4.69) is 9.88 Å². The minimum atomic E-state index is 0.0141. The minimum absolute atomic E-state index is 0.0141. The summed E-state index contributed by atoms with van der Waals surface area (Å²) < 4.78 is 0. The molecule has 0 atom stereocenters. The molecule has 0 unspecified atom stereocenters. The van der Waals surface area contributed by atoms with Crippen LogP contribution in [0.15, 0.2) is 4.79 Å². The molecular weight excluding hydrogens is 380 g/mol. The molecule has 0 spiro atoms. The lowest BCUT2D eigenvalue weighted by Gasteiger charge is -2.34. The van der Waals surface area contributed by atoms with Crippen LogP contribution >= 0.6 is 23.1 Å². The first-order chi connectivity index (χ1) is 13.2. The zero-order valence-electron chi connectivity index (χ0n) is 15.8. The second-order valence-corrected chi connectivity index (χ2v) is 9.37. The van der Waals surface area contributed by atoms with Gasteiger partial charge in [0, 0.05) is 43.2 Å². The van der Waals surface area contributed by atoms with Crippen LogP contribution in [0.25, 0.3) is 10.2 Å². The first-order valence-electron chi connectivity index (χ1n) is 9.68. The van der Waals surface area contributed by atoms with Gasteiger partial charge in [-0.05, 0) is 37.5 Å². The van der Waals surface area contributed by atoms with E-state index in [1.165, 1.54) is 23.3 Å². The molecule has 1 aliphatic carbocycles. The number of H-pyrrole nitrogens is 1. The third kappa shape index (κ3) is 4.07. The fourth-order valence-corrected chi connectivity index (χ4v) is 5.66. The standard InChI is InChI=1S/C19H26N4O2S2/c1-26-11-6-16(24)23-9-7-22(8-10-23)12-15-20-18(25)17-13-4-2-3-5-14(13)27-19(17)21-15/h2-12H2,1H3,(H,20,21,25). The highest BCUT2D eigenvalue weighted by Crippen LogP contribution is 2.33. The summed E-state index contributed by atoms with van der Waals surface area (Å²) in [6, 6.07) is 0. The van der Waals surface area contributed by atoms with Crippen LogP contribution in [0.2, 0.25) is 0 Å². The van der Waals surface area contributed by atoms with Crippen molar-refractivity contribution >= 4 is 39.2 Å². The van der Waals surface area contributed by atoms with Crippen LogP contribution in [0, 0.1) is 0 Å². The quantitative estimate of drug-likeness (QED) is 0.825. The summed E-state index contributed by atoms with van der Waals surface area (Å²) >= 11 is 3.41. The van der Waals surface area contributed by atoms with E-state index in [1.54, 1.807) is 23.1 Å². The van der Waals surface area contributed by atoms with E-state index >= 15 is 0 Å². The number of thiophene rings is 1. The van der Waals surface area contributed by atoms with E-state index in [1.807, 2.05) is 11.2 Å². The number of hydrogen-bond donors (Lipinski definition) is 1. The number of hydrogen-bond acceptors (Lipinski definition) is 6. The number of carbonyl (C=O) groups is 1. The van der Waals surface area contributed by atoms with Crippen molar-refractivity contribution in [1.29, 1.82) is 0 Å². The second-order valence-electron chi connectivity index (χ2n) is 7.30. The molecule has 27 heavy (non-hydrogen) atoms. The second kappa shape index (κ2) is 8.32. The maximum Gasteiger partial charge on any atom is 0.259 e. The average molecular weight is 407 g/mol. The van der Waals surface area contributed by atoms with Crippen molar-refractivity contribution in [1.82, 2.24) is 19.8 Å². The van der Waals surface area contributed by atoms with Crippen LogP contribution < -0.4 is 5.56 Å². The molecule has 0 radical (unpaired) electrons. The fraction of sp³-hybridized carbons (Fsp3) is 0.632. The Morgan fingerprint density at radius 3 is 2.78 bits per heavy atom. The Morgan fingerprint density at radius 2 is 2.00 bits per heavy atom. The lowest BCUT2D eigenvalue weighted by Crippen LogP contribution is -2.48. The van der Waals surface area contributed by atoms with Gasteiger partial charge >= 0.3 is 0 Å². The van der Waals surface area contributed by atoms with Crippen molar-refractivity contribution in [2.24, 2.45) is 0 Å². The summed E-state index contributed by atoms with van der Waals surface area (Å²) in [4.78, 5) is 39.1. The molecular formula is C19H26N4O2S2. The summed E-state index contributed by atoms with van der Waals surface area (Å²) in [7, 11) is 0. The van der Waals surface area contributed by atoms with Crippen LogP contribution in [0.4, 0.5) is 0 Å². The molecule has 0 aromatic carbocycles. The third-order valence-electron chi connectivity index (χ3n) is 5.49. The van der Waals surface area contributed by atoms with E-state index in [4.69, 9.17) is 4.98 Å². The number of carbonyl (C=O) groups excluding carboxylic acids is 1. The molecule has 0 bridgehead atoms. The Morgan fingerprint density at radius 1 is 1.22 bits per heavy atom. The molecule has 8 heteroatoms. The first-order valence-corrected chi connectivity index (χ1v) is 11.9.